The summed E-state index contributed by atoms with van der Waals surface area (Å²) in [5, 5.41) is 7.88. The summed E-state index contributed by atoms with van der Waals surface area (Å²) in [5.41, 5.74) is 1.24. The maximum absolute atomic E-state index is 12.5. The molecule has 0 spiro atoms. The van der Waals surface area contributed by atoms with E-state index in [2.05, 4.69) is 5.10 Å². The van der Waals surface area contributed by atoms with Crippen LogP contribution in [-0.4, -0.2) is 25.3 Å². The minimum Gasteiger partial charge on any atom is -0.468 e. The molecule has 2 aromatic rings. The van der Waals surface area contributed by atoms with Gasteiger partial charge in [-0.3, -0.25) is 9.80 Å². The van der Waals surface area contributed by atoms with Crippen molar-refractivity contribution in [3.05, 3.63) is 63.1 Å². The lowest BCUT2D eigenvalue weighted by atomic mass is 9.82. The first kappa shape index (κ1) is 18.1. The number of hydrogen-bond donors (Lipinski definition) is 0. The zero-order valence-electron chi connectivity index (χ0n) is 13.6. The average molecular weight is 398 g/mol. The summed E-state index contributed by atoms with van der Waals surface area (Å²) >= 11 is 18.1. The van der Waals surface area contributed by atoms with Crippen molar-refractivity contribution in [3.8, 4) is 0 Å². The summed E-state index contributed by atoms with van der Waals surface area (Å²) < 4.78 is 5.02. The van der Waals surface area contributed by atoms with Crippen LogP contribution in [0.4, 0.5) is 5.69 Å². The number of anilines is 1. The summed E-state index contributed by atoms with van der Waals surface area (Å²) in [6.45, 7) is 2.14. The highest BCUT2D eigenvalue weighted by molar-refractivity contribution is 6.42. The van der Waals surface area contributed by atoms with Gasteiger partial charge in [-0.25, -0.2) is 0 Å². The average Bonchev–Trinajstić information content (AvgIpc) is 2.96. The van der Waals surface area contributed by atoms with Crippen LogP contribution in [0, 0.1) is 5.41 Å². The highest BCUT2D eigenvalue weighted by atomic mass is 35.5. The van der Waals surface area contributed by atoms with Crippen LogP contribution in [-0.2, 0) is 9.53 Å². The Bertz CT molecular complexity index is 852. The zero-order valence-corrected chi connectivity index (χ0v) is 15.9. The molecule has 3 rings (SSSR count). The van der Waals surface area contributed by atoms with E-state index in [0.717, 1.165) is 11.3 Å². The Morgan fingerprint density at radius 3 is 2.40 bits per heavy atom. The third-order valence-corrected chi connectivity index (χ3v) is 5.16. The van der Waals surface area contributed by atoms with Crippen LogP contribution in [0.25, 0.3) is 0 Å². The summed E-state index contributed by atoms with van der Waals surface area (Å²) in [7, 11) is 1.37. The van der Waals surface area contributed by atoms with Crippen molar-refractivity contribution in [2.24, 2.45) is 10.5 Å². The molecule has 7 heteroatoms. The van der Waals surface area contributed by atoms with E-state index in [1.807, 2.05) is 19.1 Å². The Morgan fingerprint density at radius 2 is 1.80 bits per heavy atom. The van der Waals surface area contributed by atoms with Gasteiger partial charge >= 0.3 is 5.97 Å². The van der Waals surface area contributed by atoms with Gasteiger partial charge in [0.25, 0.3) is 0 Å². The molecule has 2 aromatic carbocycles. The molecule has 25 heavy (non-hydrogen) atoms. The largest absolute Gasteiger partial charge is 0.468 e. The molecule has 0 saturated carbocycles. The molecule has 1 atom stereocenters. The van der Waals surface area contributed by atoms with Crippen molar-refractivity contribution in [3.63, 3.8) is 0 Å². The molecule has 1 heterocycles. The molecule has 0 fully saturated rings. The second kappa shape index (κ2) is 6.87. The third kappa shape index (κ3) is 3.34. The molecule has 1 aliphatic rings. The molecule has 1 aliphatic heterocycles. The molecule has 0 bridgehead atoms. The van der Waals surface area contributed by atoms with E-state index >= 15 is 0 Å². The summed E-state index contributed by atoms with van der Waals surface area (Å²) in [5.74, 6) is -0.358. The SMILES string of the molecule is COC(=O)C1(C)CN(c2ccc(Cl)c(Cl)c2)N=C1c1ccc(Cl)cc1. The van der Waals surface area contributed by atoms with Crippen molar-refractivity contribution >= 4 is 52.2 Å². The fraction of sp³-hybridized carbons (Fsp3) is 0.222. The second-order valence-corrected chi connectivity index (χ2v) is 7.19. The Hall–Kier alpha value is -1.75. The maximum atomic E-state index is 12.5. The molecule has 130 valence electrons. The lowest BCUT2D eigenvalue weighted by Gasteiger charge is -2.24. The number of benzene rings is 2. The number of ether oxygens (including phenoxy) is 1. The van der Waals surface area contributed by atoms with Gasteiger partial charge < -0.3 is 4.74 Å². The number of rotatable bonds is 3. The van der Waals surface area contributed by atoms with Crippen LogP contribution in [0.5, 0.6) is 0 Å². The molecule has 0 saturated heterocycles. The summed E-state index contributed by atoms with van der Waals surface area (Å²) in [6.07, 6.45) is 0. The fourth-order valence-electron chi connectivity index (χ4n) is 2.81. The molecule has 4 nitrogen and oxygen atoms in total. The van der Waals surface area contributed by atoms with Gasteiger partial charge in [-0.15, -0.1) is 0 Å². The highest BCUT2D eigenvalue weighted by Gasteiger charge is 2.47. The molecular formula is C18H15Cl3N2O2. The van der Waals surface area contributed by atoms with E-state index in [1.165, 1.54) is 7.11 Å². The van der Waals surface area contributed by atoms with Gasteiger partial charge in [0.05, 0.1) is 35.1 Å². The number of esters is 1. The van der Waals surface area contributed by atoms with Gasteiger partial charge in [0.1, 0.15) is 5.41 Å². The van der Waals surface area contributed by atoms with Crippen LogP contribution >= 0.6 is 34.8 Å². The standard InChI is InChI=1S/C18H15Cl3N2O2/c1-18(17(24)25-2)10-23(13-7-8-14(20)15(21)9-13)22-16(18)11-3-5-12(19)6-4-11/h3-9H,10H2,1-2H3. The van der Waals surface area contributed by atoms with Gasteiger partial charge in [-0.2, -0.15) is 5.10 Å². The monoisotopic (exact) mass is 396 g/mol. The lowest BCUT2D eigenvalue weighted by Crippen LogP contribution is -2.40. The van der Waals surface area contributed by atoms with Gasteiger partial charge in [0, 0.05) is 5.02 Å². The number of nitrogens with zero attached hydrogens (tertiary/aromatic N) is 2. The molecule has 1 unspecified atom stereocenters. The predicted molar refractivity (Wildman–Crippen MR) is 102 cm³/mol. The summed E-state index contributed by atoms with van der Waals surface area (Å²) in [6, 6.07) is 12.4. The van der Waals surface area contributed by atoms with Gasteiger partial charge in [0.15, 0.2) is 0 Å². The number of carbonyl (C=O) groups is 1. The smallest absolute Gasteiger partial charge is 0.319 e. The number of hydrogen-bond acceptors (Lipinski definition) is 4. The Labute approximate surface area is 160 Å². The Balaban J connectivity index is 2.07. The van der Waals surface area contributed by atoms with Crippen molar-refractivity contribution in [2.45, 2.75) is 6.92 Å². The number of hydrazone groups is 1. The number of carbonyl (C=O) groups excluding carboxylic acids is 1. The molecule has 0 N–H and O–H groups in total. The summed E-state index contributed by atoms with van der Waals surface area (Å²) in [4.78, 5) is 12.5. The van der Waals surface area contributed by atoms with Gasteiger partial charge in [0.2, 0.25) is 0 Å². The molecule has 0 amide bonds. The van der Waals surface area contributed by atoms with Crippen molar-refractivity contribution in [1.82, 2.24) is 0 Å². The molecule has 0 aliphatic carbocycles. The van der Waals surface area contributed by atoms with Crippen LogP contribution in [0.2, 0.25) is 15.1 Å². The quantitative estimate of drug-likeness (QED) is 0.681. The van der Waals surface area contributed by atoms with Crippen LogP contribution < -0.4 is 5.01 Å². The predicted octanol–water partition coefficient (Wildman–Crippen LogP) is 5.05. The third-order valence-electron chi connectivity index (χ3n) is 4.16. The Morgan fingerprint density at radius 1 is 1.12 bits per heavy atom. The number of halogens is 3. The first-order valence-electron chi connectivity index (χ1n) is 7.51. The van der Waals surface area contributed by atoms with E-state index in [-0.39, 0.29) is 5.97 Å². The van der Waals surface area contributed by atoms with Crippen molar-refractivity contribution in [2.75, 3.05) is 18.7 Å². The molecule has 0 radical (unpaired) electrons. The molecule has 0 aromatic heterocycles. The van der Waals surface area contributed by atoms with Crippen molar-refractivity contribution in [1.29, 1.82) is 0 Å². The first-order valence-corrected chi connectivity index (χ1v) is 8.64. The van der Waals surface area contributed by atoms with Crippen LogP contribution in [0.3, 0.4) is 0 Å². The zero-order chi connectivity index (χ0) is 18.2. The van der Waals surface area contributed by atoms with E-state index in [1.54, 1.807) is 35.3 Å². The highest BCUT2D eigenvalue weighted by Crippen LogP contribution is 2.37. The number of methoxy groups -OCH3 is 1. The van der Waals surface area contributed by atoms with E-state index in [0.29, 0.717) is 27.3 Å². The van der Waals surface area contributed by atoms with Crippen molar-refractivity contribution < 1.29 is 9.53 Å². The minimum absolute atomic E-state index is 0.329. The topological polar surface area (TPSA) is 41.9 Å². The Kier molecular flexibility index (Phi) is 4.96. The maximum Gasteiger partial charge on any atom is 0.319 e. The lowest BCUT2D eigenvalue weighted by molar-refractivity contribution is -0.147. The van der Waals surface area contributed by atoms with Crippen LogP contribution in [0.1, 0.15) is 12.5 Å². The second-order valence-electron chi connectivity index (χ2n) is 5.94. The van der Waals surface area contributed by atoms with Gasteiger partial charge in [-0.05, 0) is 42.8 Å². The first-order chi connectivity index (χ1) is 11.8. The molecular weight excluding hydrogens is 383 g/mol. The fourth-order valence-corrected chi connectivity index (χ4v) is 3.22. The normalized spacial score (nSPS) is 19.7. The van der Waals surface area contributed by atoms with Crippen LogP contribution in [0.15, 0.2) is 47.6 Å². The van der Waals surface area contributed by atoms with E-state index < -0.39 is 5.41 Å². The van der Waals surface area contributed by atoms with Gasteiger partial charge in [-0.1, -0.05) is 46.9 Å². The van der Waals surface area contributed by atoms with E-state index in [9.17, 15) is 4.79 Å². The minimum atomic E-state index is -0.922. The van der Waals surface area contributed by atoms with E-state index in [4.69, 9.17) is 39.5 Å².